The molecule has 0 saturated carbocycles. The first kappa shape index (κ1) is 33.7. The van der Waals surface area contributed by atoms with E-state index in [2.05, 4.69) is 197 Å². The molecule has 3 heteroatoms. The number of unbranched alkanes of at least 4 members (excludes halogenated alkanes) is 2. The molecular weight excluding hydrogens is 592 g/mol. The van der Waals surface area contributed by atoms with E-state index in [0.717, 1.165) is 12.8 Å². The SMILES string of the molecule is CCCCC[C@@H](/C=C/C=P(c1ccccc1)(c1ccccc1)c1ccccc1)O[Si](c1ccccc1)(c1ccccc1)C(C)(C)C. The number of hydrogen-bond acceptors (Lipinski definition) is 1. The van der Waals surface area contributed by atoms with Crippen LogP contribution in [0.3, 0.4) is 0 Å². The maximum absolute atomic E-state index is 7.70. The van der Waals surface area contributed by atoms with E-state index in [4.69, 9.17) is 4.43 Å². The fourth-order valence-corrected chi connectivity index (χ4v) is 15.1. The molecule has 46 heavy (non-hydrogen) atoms. The Balaban J connectivity index is 1.69. The van der Waals surface area contributed by atoms with Gasteiger partial charge in [-0.25, -0.2) is 0 Å². The molecule has 0 saturated heterocycles. The van der Waals surface area contributed by atoms with E-state index < -0.39 is 15.2 Å². The van der Waals surface area contributed by atoms with Gasteiger partial charge in [0.05, 0.1) is 6.10 Å². The van der Waals surface area contributed by atoms with Crippen molar-refractivity contribution in [3.8, 4) is 0 Å². The Morgan fingerprint density at radius 3 is 1.35 bits per heavy atom. The fraction of sp³-hybridized carbons (Fsp3) is 0.233. The molecule has 0 N–H and O–H groups in total. The van der Waals surface area contributed by atoms with Crippen LogP contribution >= 0.6 is 6.89 Å². The van der Waals surface area contributed by atoms with Gasteiger partial charge < -0.3 is 4.43 Å². The predicted octanol–water partition coefficient (Wildman–Crippen LogP) is 8.86. The highest BCUT2D eigenvalue weighted by Gasteiger charge is 2.51. The number of benzene rings is 5. The van der Waals surface area contributed by atoms with Crippen molar-refractivity contribution in [2.75, 3.05) is 0 Å². The van der Waals surface area contributed by atoms with E-state index in [1.165, 1.54) is 39.1 Å². The zero-order valence-corrected chi connectivity index (χ0v) is 29.8. The first-order chi connectivity index (χ1) is 22.4. The van der Waals surface area contributed by atoms with Crippen LogP contribution in [0, 0.1) is 0 Å². The third kappa shape index (κ3) is 7.31. The van der Waals surface area contributed by atoms with Gasteiger partial charge in [-0.1, -0.05) is 217 Å². The first-order valence-corrected chi connectivity index (χ1v) is 20.6. The van der Waals surface area contributed by atoms with Crippen molar-refractivity contribution in [1.29, 1.82) is 0 Å². The van der Waals surface area contributed by atoms with Gasteiger partial charge in [0.25, 0.3) is 8.32 Å². The van der Waals surface area contributed by atoms with E-state index in [1.54, 1.807) is 0 Å². The van der Waals surface area contributed by atoms with E-state index in [0.29, 0.717) is 0 Å². The standard InChI is InChI=1S/C43H49OPSi/c1-5-6-12-24-37(44-46(43(2,3)4,41-32-19-10-20-33-41)42-34-21-11-22-35-42)25-23-36-45(38-26-13-7-14-27-38,39-28-15-8-16-29-39)40-30-17-9-18-31-40/h7-11,13-23,25-37H,5-6,12,24H2,1-4H3/b25-23+/t37-/m0/s1. The quantitative estimate of drug-likeness (QED) is 0.0710. The second kappa shape index (κ2) is 15.7. The Morgan fingerprint density at radius 1 is 0.587 bits per heavy atom. The van der Waals surface area contributed by atoms with Crippen molar-refractivity contribution in [3.05, 3.63) is 164 Å². The lowest BCUT2D eigenvalue weighted by molar-refractivity contribution is 0.218. The van der Waals surface area contributed by atoms with E-state index in [-0.39, 0.29) is 11.1 Å². The summed E-state index contributed by atoms with van der Waals surface area (Å²) in [5.74, 6) is 2.51. The molecule has 236 valence electrons. The number of allylic oxidation sites excluding steroid dienone is 1. The average molecular weight is 641 g/mol. The highest BCUT2D eigenvalue weighted by Crippen LogP contribution is 2.44. The largest absolute Gasteiger partial charge is 0.401 e. The van der Waals surface area contributed by atoms with Crippen molar-refractivity contribution in [2.24, 2.45) is 0 Å². The molecule has 5 aromatic carbocycles. The topological polar surface area (TPSA) is 9.23 Å². The number of hydrogen-bond donors (Lipinski definition) is 0. The normalized spacial score (nSPS) is 13.0. The smallest absolute Gasteiger partial charge is 0.261 e. The van der Waals surface area contributed by atoms with Crippen LogP contribution in [0.25, 0.3) is 0 Å². The Hall–Kier alpha value is -3.68. The molecule has 0 bridgehead atoms. The lowest BCUT2D eigenvalue weighted by Gasteiger charge is -2.45. The average Bonchev–Trinajstić information content (AvgIpc) is 3.10. The zero-order chi connectivity index (χ0) is 32.3. The van der Waals surface area contributed by atoms with Crippen molar-refractivity contribution >= 4 is 47.3 Å². The minimum atomic E-state index is -2.72. The van der Waals surface area contributed by atoms with Crippen LogP contribution < -0.4 is 26.3 Å². The van der Waals surface area contributed by atoms with Crippen LogP contribution in [0.5, 0.6) is 0 Å². The molecule has 0 unspecified atom stereocenters. The minimum Gasteiger partial charge on any atom is -0.401 e. The van der Waals surface area contributed by atoms with Crippen molar-refractivity contribution < 1.29 is 4.43 Å². The third-order valence-electron chi connectivity index (χ3n) is 8.96. The molecule has 0 spiro atoms. The Labute approximate surface area is 279 Å². The molecular formula is C43H49OPSi. The summed E-state index contributed by atoms with van der Waals surface area (Å²) in [7, 11) is -2.72. The van der Waals surface area contributed by atoms with Gasteiger partial charge in [-0.15, -0.1) is 0 Å². The van der Waals surface area contributed by atoms with Crippen LogP contribution in [-0.4, -0.2) is 20.2 Å². The molecule has 1 nitrogen and oxygen atoms in total. The summed E-state index contributed by atoms with van der Waals surface area (Å²) in [6.45, 7) is 7.29. The molecule has 0 aliphatic carbocycles. The van der Waals surface area contributed by atoms with Gasteiger partial charge in [0.1, 0.15) is 0 Å². The molecule has 0 fully saturated rings. The molecule has 1 atom stereocenters. The van der Waals surface area contributed by atoms with Crippen LogP contribution in [0.15, 0.2) is 164 Å². The van der Waals surface area contributed by atoms with Crippen LogP contribution in [0.4, 0.5) is 0 Å². The molecule has 0 aliphatic heterocycles. The van der Waals surface area contributed by atoms with Gasteiger partial charge in [0, 0.05) is 0 Å². The van der Waals surface area contributed by atoms with Gasteiger partial charge in [-0.05, 0) is 44.6 Å². The Morgan fingerprint density at radius 2 is 0.978 bits per heavy atom. The molecule has 0 aromatic heterocycles. The molecule has 0 heterocycles. The van der Waals surface area contributed by atoms with Gasteiger partial charge in [-0.3, -0.25) is 0 Å². The minimum absolute atomic E-state index is 0.0154. The van der Waals surface area contributed by atoms with Crippen LogP contribution in [0.2, 0.25) is 5.04 Å². The van der Waals surface area contributed by atoms with Gasteiger partial charge in [0.2, 0.25) is 0 Å². The molecule has 5 aromatic rings. The molecule has 0 radical (unpaired) electrons. The molecule has 0 amide bonds. The summed E-state index contributed by atoms with van der Waals surface area (Å²) in [5, 5.41) is 6.63. The molecule has 5 rings (SSSR count). The Kier molecular flexibility index (Phi) is 11.5. The van der Waals surface area contributed by atoms with Crippen LogP contribution in [-0.2, 0) is 4.43 Å². The van der Waals surface area contributed by atoms with Gasteiger partial charge >= 0.3 is 0 Å². The van der Waals surface area contributed by atoms with E-state index in [9.17, 15) is 0 Å². The summed E-state index contributed by atoms with van der Waals surface area (Å²) < 4.78 is 7.70. The zero-order valence-electron chi connectivity index (χ0n) is 27.9. The maximum Gasteiger partial charge on any atom is 0.261 e. The summed E-state index contributed by atoms with van der Waals surface area (Å²) in [6.07, 6.45) is 9.22. The first-order valence-electron chi connectivity index (χ1n) is 16.8. The highest BCUT2D eigenvalue weighted by atomic mass is 31.2. The number of rotatable bonds is 13. The van der Waals surface area contributed by atoms with Gasteiger partial charge in [-0.2, -0.15) is 0 Å². The summed E-state index contributed by atoms with van der Waals surface area (Å²) in [4.78, 5) is 0. The van der Waals surface area contributed by atoms with Crippen molar-refractivity contribution in [1.82, 2.24) is 0 Å². The molecule has 0 aliphatic rings. The van der Waals surface area contributed by atoms with Crippen molar-refractivity contribution in [3.63, 3.8) is 0 Å². The van der Waals surface area contributed by atoms with E-state index in [1.807, 2.05) is 0 Å². The highest BCUT2D eigenvalue weighted by molar-refractivity contribution is 7.94. The summed E-state index contributed by atoms with van der Waals surface area (Å²) >= 11 is 0. The second-order valence-electron chi connectivity index (χ2n) is 13.1. The fourth-order valence-electron chi connectivity index (χ4n) is 6.71. The monoisotopic (exact) mass is 640 g/mol. The van der Waals surface area contributed by atoms with E-state index >= 15 is 0 Å². The summed E-state index contributed by atoms with van der Waals surface area (Å²) in [5.41, 5.74) is 0. The maximum atomic E-state index is 7.70. The predicted molar refractivity (Wildman–Crippen MR) is 207 cm³/mol. The lowest BCUT2D eigenvalue weighted by Crippen LogP contribution is -2.67. The third-order valence-corrected chi connectivity index (χ3v) is 18.0. The second-order valence-corrected chi connectivity index (χ2v) is 20.6. The Bertz CT molecular complexity index is 1550. The summed E-state index contributed by atoms with van der Waals surface area (Å²) in [6, 6.07) is 55.3. The van der Waals surface area contributed by atoms with Gasteiger partial charge in [0.15, 0.2) is 0 Å². The van der Waals surface area contributed by atoms with Crippen molar-refractivity contribution in [2.45, 2.75) is 64.5 Å². The van der Waals surface area contributed by atoms with Crippen LogP contribution in [0.1, 0.15) is 53.4 Å². The lowest BCUT2D eigenvalue weighted by atomic mass is 10.1.